The summed E-state index contributed by atoms with van der Waals surface area (Å²) in [5, 5.41) is 0. The zero-order valence-corrected chi connectivity index (χ0v) is 34.8. The molecule has 284 valence electrons. The molecule has 0 heterocycles. The van der Waals surface area contributed by atoms with E-state index in [2.05, 4.69) is 0 Å². The molecule has 0 radical (unpaired) electrons. The molecule has 10 heteroatoms. The first-order chi connectivity index (χ1) is 23.8. The van der Waals surface area contributed by atoms with Crippen molar-refractivity contribution in [3.63, 3.8) is 0 Å². The van der Waals surface area contributed by atoms with E-state index >= 15 is 0 Å². The van der Waals surface area contributed by atoms with Crippen LogP contribution in [0.5, 0.6) is 28.7 Å². The van der Waals surface area contributed by atoms with Crippen molar-refractivity contribution < 1.29 is 35.7 Å². The molecule has 52 heavy (non-hydrogen) atoms. The third-order valence-electron chi connectivity index (χ3n) is 7.04. The lowest BCUT2D eigenvalue weighted by molar-refractivity contribution is 0.0953. The molecule has 0 atom stereocenters. The number of aryl methyl sites for hydroxylation is 1. The van der Waals surface area contributed by atoms with Gasteiger partial charge in [0.25, 0.3) is 0 Å². The molecule has 0 unspecified atom stereocenters. The molecule has 4 aromatic carbocycles. The van der Waals surface area contributed by atoms with Crippen molar-refractivity contribution in [1.82, 2.24) is 0 Å². The van der Waals surface area contributed by atoms with E-state index in [-0.39, 0.29) is 4.90 Å². The van der Waals surface area contributed by atoms with Gasteiger partial charge in [0.2, 0.25) is 0 Å². The van der Waals surface area contributed by atoms with Gasteiger partial charge in [0, 0.05) is 9.79 Å². The van der Waals surface area contributed by atoms with Crippen molar-refractivity contribution in [2.24, 2.45) is 0 Å². The summed E-state index contributed by atoms with van der Waals surface area (Å²) in [4.78, 5) is 1.59. The van der Waals surface area contributed by atoms with Crippen molar-refractivity contribution >= 4 is 20.4 Å². The molecule has 0 amide bonds. The normalized spacial score (nSPS) is 13.3. The Morgan fingerprint density at radius 3 is 1.25 bits per heavy atom. The topological polar surface area (TPSA) is 89.5 Å². The van der Waals surface area contributed by atoms with Crippen LogP contribution in [0.2, 0.25) is 0 Å². The third-order valence-corrected chi connectivity index (χ3v) is 12.2. The minimum atomic E-state index is -4.44. The molecule has 0 spiro atoms. The van der Waals surface area contributed by atoms with E-state index < -0.39 is 42.8 Å². The first-order valence-electron chi connectivity index (χ1n) is 17.4. The van der Waals surface area contributed by atoms with Crippen molar-refractivity contribution in [1.29, 1.82) is 0 Å². The van der Waals surface area contributed by atoms with Crippen molar-refractivity contribution in [3.05, 3.63) is 90.5 Å². The fourth-order valence-corrected chi connectivity index (χ4v) is 10.6. The molecule has 0 aliphatic carbocycles. The number of hydrogen-bond donors (Lipinski definition) is 0. The van der Waals surface area contributed by atoms with E-state index in [9.17, 15) is 8.42 Å². The predicted octanol–water partition coefficient (Wildman–Crippen LogP) is 11.3. The number of benzene rings is 4. The Hall–Kier alpha value is -3.86. The maximum Gasteiger partial charge on any atom is 0.307 e. The molecule has 0 saturated carbocycles. The predicted molar refractivity (Wildman–Crippen MR) is 209 cm³/mol. The Bertz CT molecular complexity index is 1880. The largest absolute Gasteiger partial charge is 0.496 e. The van der Waals surface area contributed by atoms with Crippen LogP contribution in [0, 0.1) is 6.92 Å². The Morgan fingerprint density at radius 2 is 0.846 bits per heavy atom. The van der Waals surface area contributed by atoms with Crippen molar-refractivity contribution in [2.75, 3.05) is 7.11 Å². The highest BCUT2D eigenvalue weighted by atomic mass is 32.3. The van der Waals surface area contributed by atoms with Gasteiger partial charge in [-0.15, -0.1) is 0 Å². The van der Waals surface area contributed by atoms with Crippen molar-refractivity contribution in [3.8, 4) is 28.7 Å². The smallest absolute Gasteiger partial charge is 0.307 e. The number of ether oxygens (including phenoxy) is 5. The summed E-state index contributed by atoms with van der Waals surface area (Å²) >= 11 is 0. The van der Waals surface area contributed by atoms with Gasteiger partial charge >= 0.3 is 10.1 Å². The van der Waals surface area contributed by atoms with Gasteiger partial charge in [0.05, 0.1) is 16.9 Å². The maximum atomic E-state index is 14.7. The second-order valence-electron chi connectivity index (χ2n) is 16.6. The van der Waals surface area contributed by atoms with Crippen LogP contribution in [-0.4, -0.2) is 37.9 Å². The molecular weight excluding hydrogens is 697 g/mol. The Kier molecular flexibility index (Phi) is 11.7. The molecule has 0 aliphatic heterocycles. The van der Waals surface area contributed by atoms with E-state index in [0.29, 0.717) is 43.4 Å². The lowest BCUT2D eigenvalue weighted by Crippen LogP contribution is -2.27. The number of rotatable bonds is 11. The number of hydrogen-bond acceptors (Lipinski definition) is 8. The van der Waals surface area contributed by atoms with Gasteiger partial charge in [0.15, 0.2) is 23.0 Å². The highest BCUT2D eigenvalue weighted by Crippen LogP contribution is 2.73. The zero-order chi connectivity index (χ0) is 38.9. The first kappa shape index (κ1) is 40.9. The standard InChI is InChI=1S/C42H56O8S2/c1-29-19-21-30(22-20-29)52(43,44)50-51(38-18-16-15-17-35(38)45-14,31-23-25-33(46-39(2,3)4)36(27-31)48-41(8,9)10)32-24-26-34(47-40(5,6)7)37(28-32)49-42(11,12)13/h15-28H,1-14H3. The summed E-state index contributed by atoms with van der Waals surface area (Å²) in [6.45, 7) is 25.3. The van der Waals surface area contributed by atoms with Gasteiger partial charge in [-0.1, -0.05) is 29.8 Å². The summed E-state index contributed by atoms with van der Waals surface area (Å²) in [7, 11) is -6.14. The fraction of sp³-hybridized carbons (Fsp3) is 0.429. The van der Waals surface area contributed by atoms with E-state index in [1.54, 1.807) is 37.4 Å². The quantitative estimate of drug-likeness (QED) is 0.150. The van der Waals surface area contributed by atoms with Gasteiger partial charge < -0.3 is 23.7 Å². The van der Waals surface area contributed by atoms with E-state index in [0.717, 1.165) is 5.56 Å². The second-order valence-corrected chi connectivity index (χ2v) is 21.0. The second kappa shape index (κ2) is 14.9. The van der Waals surface area contributed by atoms with Gasteiger partial charge in [-0.2, -0.15) is 8.42 Å². The molecule has 8 nitrogen and oxygen atoms in total. The van der Waals surface area contributed by atoms with Crippen LogP contribution in [0.3, 0.4) is 0 Å². The van der Waals surface area contributed by atoms with Crippen LogP contribution in [0.4, 0.5) is 0 Å². The lowest BCUT2D eigenvalue weighted by Gasteiger charge is -2.41. The Morgan fingerprint density at radius 1 is 0.462 bits per heavy atom. The van der Waals surface area contributed by atoms with Crippen LogP contribution in [0.25, 0.3) is 0 Å². The molecule has 0 saturated heterocycles. The van der Waals surface area contributed by atoms with E-state index in [4.69, 9.17) is 27.3 Å². The highest BCUT2D eigenvalue weighted by molar-refractivity contribution is 8.33. The lowest BCUT2D eigenvalue weighted by atomic mass is 10.1. The highest BCUT2D eigenvalue weighted by Gasteiger charge is 2.42. The summed E-state index contributed by atoms with van der Waals surface area (Å²) in [6.07, 6.45) is 0. The minimum Gasteiger partial charge on any atom is -0.496 e. The molecule has 0 N–H and O–H groups in total. The monoisotopic (exact) mass is 752 g/mol. The molecule has 4 aromatic rings. The van der Waals surface area contributed by atoms with Crippen LogP contribution in [-0.2, 0) is 13.7 Å². The zero-order valence-electron chi connectivity index (χ0n) is 33.2. The molecule has 0 aliphatic rings. The summed E-state index contributed by atoms with van der Waals surface area (Å²) in [5.74, 6) is 2.32. The molecule has 0 fully saturated rings. The SMILES string of the molecule is COc1ccccc1S(OS(=O)(=O)c1ccc(C)cc1)(c1ccc(OC(C)(C)C)c(OC(C)(C)C)c1)c1ccc(OC(C)(C)C)c(OC(C)(C)C)c1. The number of para-hydroxylation sites is 1. The molecular formula is C42H56O8S2. The molecule has 0 bridgehead atoms. The summed E-state index contributed by atoms with van der Waals surface area (Å²) in [6, 6.07) is 24.9. The fourth-order valence-electron chi connectivity index (χ4n) is 5.22. The molecule has 0 aromatic heterocycles. The van der Waals surface area contributed by atoms with Gasteiger partial charge in [0.1, 0.15) is 28.2 Å². The number of methoxy groups -OCH3 is 1. The summed E-state index contributed by atoms with van der Waals surface area (Å²) < 4.78 is 67.9. The average Bonchev–Trinajstić information content (AvgIpc) is 2.99. The van der Waals surface area contributed by atoms with Gasteiger partial charge in [-0.25, -0.2) is 3.63 Å². The summed E-state index contributed by atoms with van der Waals surface area (Å²) in [5.41, 5.74) is -1.41. The van der Waals surface area contributed by atoms with Gasteiger partial charge in [-0.05, 0) is 161 Å². The average molecular weight is 753 g/mol. The first-order valence-corrected chi connectivity index (χ1v) is 20.3. The van der Waals surface area contributed by atoms with Crippen LogP contribution in [0.1, 0.15) is 88.6 Å². The molecule has 4 rings (SSSR count). The maximum absolute atomic E-state index is 14.7. The van der Waals surface area contributed by atoms with E-state index in [1.807, 2.05) is 145 Å². The third kappa shape index (κ3) is 10.4. The van der Waals surface area contributed by atoms with E-state index in [1.165, 1.54) is 0 Å². The van der Waals surface area contributed by atoms with Gasteiger partial charge in [-0.3, -0.25) is 0 Å². The Balaban J connectivity index is 2.21. The van der Waals surface area contributed by atoms with Crippen molar-refractivity contribution in [2.45, 2.75) is 132 Å². The van der Waals surface area contributed by atoms with Crippen LogP contribution < -0.4 is 23.7 Å². The minimum absolute atomic E-state index is 0.0163. The van der Waals surface area contributed by atoms with Crippen LogP contribution >= 0.6 is 10.3 Å². The Labute approximate surface area is 313 Å². The van der Waals surface area contributed by atoms with Crippen LogP contribution in [0.15, 0.2) is 105 Å².